The van der Waals surface area contributed by atoms with Gasteiger partial charge in [-0.1, -0.05) is 0 Å². The van der Waals surface area contributed by atoms with Crippen LogP contribution in [0.15, 0.2) is 36.5 Å². The van der Waals surface area contributed by atoms with Gasteiger partial charge < -0.3 is 19.9 Å². The van der Waals surface area contributed by atoms with Crippen LogP contribution in [0.25, 0.3) is 11.0 Å². The highest BCUT2D eigenvalue weighted by molar-refractivity contribution is 5.97. The minimum absolute atomic E-state index is 0.0122. The first kappa shape index (κ1) is 22.0. The first-order valence-corrected chi connectivity index (χ1v) is 9.95. The molecule has 4 rings (SSSR count). The third-order valence-corrected chi connectivity index (χ3v) is 5.47. The largest absolute Gasteiger partial charge is 0.449 e. The smallest absolute Gasteiger partial charge is 0.386 e. The molecule has 3 aromatic rings. The molecule has 0 saturated carbocycles. The molecule has 1 unspecified atom stereocenters. The number of fused-ring (bicyclic) bond motifs is 1. The van der Waals surface area contributed by atoms with Crippen LogP contribution >= 0.6 is 0 Å². The summed E-state index contributed by atoms with van der Waals surface area (Å²) in [7, 11) is 1.52. The molecule has 0 spiro atoms. The molecular formula is C21H21F4N5O2. The highest BCUT2D eigenvalue weighted by Gasteiger charge is 2.37. The summed E-state index contributed by atoms with van der Waals surface area (Å²) in [6.45, 7) is 0.854. The van der Waals surface area contributed by atoms with Gasteiger partial charge in [0.15, 0.2) is 0 Å². The lowest BCUT2D eigenvalue weighted by atomic mass is 9.92. The molecule has 7 nitrogen and oxygen atoms in total. The van der Waals surface area contributed by atoms with Crippen LogP contribution in [0.2, 0.25) is 0 Å². The molecule has 1 fully saturated rings. The molecule has 11 heteroatoms. The number of nitrogens with one attached hydrogen (secondary N) is 1. The SMILES string of the molecule is CN(CC1(O)CCCN(c2ccc(F)cn2)C1)C(=O)c1ccc2nc(C(F)(F)F)[nH]c2c1. The number of likely N-dealkylation sites (N-methyl/N-ethyl adjacent to an activating group) is 1. The highest BCUT2D eigenvalue weighted by atomic mass is 19.4. The second kappa shape index (κ2) is 8.05. The molecule has 2 aromatic heterocycles. The summed E-state index contributed by atoms with van der Waals surface area (Å²) in [5, 5.41) is 11.1. The summed E-state index contributed by atoms with van der Waals surface area (Å²) >= 11 is 0. The number of nitrogens with zero attached hydrogens (tertiary/aromatic N) is 4. The van der Waals surface area contributed by atoms with Crippen molar-refractivity contribution in [2.75, 3.05) is 31.6 Å². The third kappa shape index (κ3) is 4.52. The van der Waals surface area contributed by atoms with E-state index >= 15 is 0 Å². The number of anilines is 1. The lowest BCUT2D eigenvalue weighted by Crippen LogP contribution is -2.54. The van der Waals surface area contributed by atoms with Crippen molar-refractivity contribution < 1.29 is 27.5 Å². The number of H-pyrrole nitrogens is 1. The van der Waals surface area contributed by atoms with E-state index in [1.54, 1.807) is 0 Å². The minimum atomic E-state index is -4.62. The Morgan fingerprint density at radius 2 is 2.09 bits per heavy atom. The van der Waals surface area contributed by atoms with Crippen LogP contribution in [-0.4, -0.2) is 63.1 Å². The molecule has 32 heavy (non-hydrogen) atoms. The molecule has 3 heterocycles. The number of β-amino-alcohol motifs (C(OH)–C–C–N with tert-alkyl or cyclic N) is 1. The number of hydrogen-bond donors (Lipinski definition) is 2. The third-order valence-electron chi connectivity index (χ3n) is 5.47. The van der Waals surface area contributed by atoms with Crippen molar-refractivity contribution in [2.45, 2.75) is 24.6 Å². The normalized spacial score (nSPS) is 19.4. The molecule has 1 aliphatic heterocycles. The van der Waals surface area contributed by atoms with Gasteiger partial charge in [-0.15, -0.1) is 0 Å². The van der Waals surface area contributed by atoms with Crippen LogP contribution in [0.5, 0.6) is 0 Å². The van der Waals surface area contributed by atoms with Gasteiger partial charge in [-0.25, -0.2) is 14.4 Å². The molecule has 0 bridgehead atoms. The number of amides is 1. The Bertz CT molecular complexity index is 1130. The maximum Gasteiger partial charge on any atom is 0.449 e. The van der Waals surface area contributed by atoms with Crippen molar-refractivity contribution in [3.63, 3.8) is 0 Å². The fourth-order valence-electron chi connectivity index (χ4n) is 4.00. The van der Waals surface area contributed by atoms with E-state index in [-0.39, 0.29) is 29.7 Å². The van der Waals surface area contributed by atoms with E-state index in [0.717, 1.165) is 6.20 Å². The average Bonchev–Trinajstić information content (AvgIpc) is 3.17. The Hall–Kier alpha value is -3.21. The second-order valence-corrected chi connectivity index (χ2v) is 8.06. The number of carbonyl (C=O) groups excluding carboxylic acids is 1. The van der Waals surface area contributed by atoms with Crippen molar-refractivity contribution in [1.82, 2.24) is 19.9 Å². The van der Waals surface area contributed by atoms with Crippen molar-refractivity contribution in [3.8, 4) is 0 Å². The van der Waals surface area contributed by atoms with Crippen molar-refractivity contribution in [3.05, 3.63) is 53.7 Å². The maximum absolute atomic E-state index is 13.1. The molecule has 1 atom stereocenters. The average molecular weight is 451 g/mol. The predicted octanol–water partition coefficient (Wildman–Crippen LogP) is 3.22. The standard InChI is InChI=1S/C21H21F4N5O2/c1-29(11-20(32)7-2-8-30(12-20)17-6-4-14(22)10-26-17)18(31)13-3-5-15-16(9-13)28-19(27-15)21(23,24)25/h3-6,9-10,32H,2,7-8,11-12H2,1H3,(H,27,28). The van der Waals surface area contributed by atoms with E-state index in [1.807, 2.05) is 4.90 Å². The zero-order valence-corrected chi connectivity index (χ0v) is 17.2. The molecule has 170 valence electrons. The van der Waals surface area contributed by atoms with E-state index in [2.05, 4.69) is 15.0 Å². The summed E-state index contributed by atoms with van der Waals surface area (Å²) in [4.78, 5) is 25.8. The predicted molar refractivity (Wildman–Crippen MR) is 109 cm³/mol. The van der Waals surface area contributed by atoms with Gasteiger partial charge in [0.2, 0.25) is 5.82 Å². The number of halogens is 4. The van der Waals surface area contributed by atoms with Gasteiger partial charge in [-0.2, -0.15) is 13.2 Å². The van der Waals surface area contributed by atoms with Crippen LogP contribution in [0.3, 0.4) is 0 Å². The van der Waals surface area contributed by atoms with Gasteiger partial charge in [-0.05, 0) is 43.2 Å². The Labute approximate surface area is 180 Å². The number of aromatic amines is 1. The van der Waals surface area contributed by atoms with Crippen LogP contribution in [-0.2, 0) is 6.18 Å². The van der Waals surface area contributed by atoms with Crippen LogP contribution in [0.4, 0.5) is 23.4 Å². The van der Waals surface area contributed by atoms with Crippen LogP contribution in [0, 0.1) is 5.82 Å². The number of aromatic nitrogens is 3. The monoisotopic (exact) mass is 451 g/mol. The van der Waals surface area contributed by atoms with Gasteiger partial charge in [0.05, 0.1) is 29.4 Å². The first-order valence-electron chi connectivity index (χ1n) is 9.95. The maximum atomic E-state index is 13.1. The Kier molecular flexibility index (Phi) is 5.53. The summed E-state index contributed by atoms with van der Waals surface area (Å²) in [5.41, 5.74) is -0.847. The van der Waals surface area contributed by atoms with Gasteiger partial charge >= 0.3 is 6.18 Å². The molecule has 0 radical (unpaired) electrons. The number of rotatable bonds is 4. The van der Waals surface area contributed by atoms with E-state index in [9.17, 15) is 27.5 Å². The number of aliphatic hydroxyl groups is 1. The topological polar surface area (TPSA) is 85.3 Å². The van der Waals surface area contributed by atoms with Gasteiger partial charge in [-0.3, -0.25) is 4.79 Å². The summed E-state index contributed by atoms with van der Waals surface area (Å²) in [5.74, 6) is -1.50. The van der Waals surface area contributed by atoms with Gasteiger partial charge in [0.25, 0.3) is 5.91 Å². The number of piperidine rings is 1. The molecule has 2 N–H and O–H groups in total. The van der Waals surface area contributed by atoms with Crippen molar-refractivity contribution in [1.29, 1.82) is 0 Å². The number of carbonyl (C=O) groups is 1. The highest BCUT2D eigenvalue weighted by Crippen LogP contribution is 2.29. The molecule has 1 aliphatic rings. The molecule has 1 amide bonds. The summed E-state index contributed by atoms with van der Waals surface area (Å²) in [6.07, 6.45) is -2.40. The lowest BCUT2D eigenvalue weighted by Gasteiger charge is -2.41. The van der Waals surface area contributed by atoms with E-state index in [1.165, 1.54) is 42.3 Å². The second-order valence-electron chi connectivity index (χ2n) is 8.06. The zero-order valence-electron chi connectivity index (χ0n) is 17.2. The zero-order chi connectivity index (χ0) is 23.1. The fourth-order valence-corrected chi connectivity index (χ4v) is 4.00. The van der Waals surface area contributed by atoms with Crippen molar-refractivity contribution in [2.24, 2.45) is 0 Å². The minimum Gasteiger partial charge on any atom is -0.386 e. The van der Waals surface area contributed by atoms with Crippen LogP contribution < -0.4 is 4.90 Å². The fraction of sp³-hybridized carbons (Fsp3) is 0.381. The first-order chi connectivity index (χ1) is 15.0. The van der Waals surface area contributed by atoms with Gasteiger partial charge in [0, 0.05) is 25.7 Å². The number of pyridine rings is 1. The number of benzene rings is 1. The molecule has 1 aromatic carbocycles. The lowest BCUT2D eigenvalue weighted by molar-refractivity contribution is -0.144. The Morgan fingerprint density at radius 1 is 1.31 bits per heavy atom. The number of alkyl halides is 3. The molecular weight excluding hydrogens is 430 g/mol. The molecule has 1 saturated heterocycles. The summed E-state index contributed by atoms with van der Waals surface area (Å²) < 4.78 is 51.7. The van der Waals surface area contributed by atoms with Crippen molar-refractivity contribution >= 4 is 22.8 Å². The Balaban J connectivity index is 1.48. The van der Waals surface area contributed by atoms with Gasteiger partial charge in [0.1, 0.15) is 11.6 Å². The van der Waals surface area contributed by atoms with E-state index < -0.39 is 29.3 Å². The number of hydrogen-bond acceptors (Lipinski definition) is 5. The van der Waals surface area contributed by atoms with E-state index in [0.29, 0.717) is 25.2 Å². The quantitative estimate of drug-likeness (QED) is 0.595. The van der Waals surface area contributed by atoms with E-state index in [4.69, 9.17) is 0 Å². The summed E-state index contributed by atoms with van der Waals surface area (Å²) in [6, 6.07) is 6.89. The van der Waals surface area contributed by atoms with Crippen LogP contribution in [0.1, 0.15) is 29.0 Å². The molecule has 0 aliphatic carbocycles. The number of imidazole rings is 1. The Morgan fingerprint density at radius 3 is 2.78 bits per heavy atom.